The quantitative estimate of drug-likeness (QED) is 0.288. The van der Waals surface area contributed by atoms with Gasteiger partial charge in [0.25, 0.3) is 0 Å². The maximum Gasteiger partial charge on any atom is 0.137 e. The van der Waals surface area contributed by atoms with Crippen molar-refractivity contribution in [3.63, 3.8) is 0 Å². The molecular formula is C30H31N9. The van der Waals surface area contributed by atoms with Crippen LogP contribution in [-0.4, -0.2) is 29.5 Å². The molecule has 2 heterocycles. The number of aromatic nitrogens is 6. The lowest BCUT2D eigenvalue weighted by atomic mass is 9.76. The van der Waals surface area contributed by atoms with Gasteiger partial charge in [0.1, 0.15) is 25.3 Å². The summed E-state index contributed by atoms with van der Waals surface area (Å²) in [5.41, 5.74) is 5.21. The topological polar surface area (TPSA) is 133 Å². The zero-order valence-electron chi connectivity index (χ0n) is 22.5. The van der Waals surface area contributed by atoms with Gasteiger partial charge in [0.2, 0.25) is 0 Å². The first-order valence-corrected chi connectivity index (χ1v) is 12.9. The van der Waals surface area contributed by atoms with Gasteiger partial charge < -0.3 is 0 Å². The van der Waals surface area contributed by atoms with Crippen molar-refractivity contribution in [2.45, 2.75) is 58.5 Å². The Hall–Kier alpha value is -4.81. The van der Waals surface area contributed by atoms with Crippen LogP contribution in [-0.2, 0) is 37.8 Å². The molecule has 0 unspecified atom stereocenters. The summed E-state index contributed by atoms with van der Waals surface area (Å²) in [5.74, 6) is -0.272. The summed E-state index contributed by atoms with van der Waals surface area (Å²) in [6, 6.07) is 19.7. The van der Waals surface area contributed by atoms with Crippen LogP contribution in [0.3, 0.4) is 0 Å². The van der Waals surface area contributed by atoms with Crippen LogP contribution in [0, 0.1) is 45.8 Å². The summed E-state index contributed by atoms with van der Waals surface area (Å²) in [5, 5.41) is 37.8. The molecule has 3 atom stereocenters. The van der Waals surface area contributed by atoms with Gasteiger partial charge in [-0.1, -0.05) is 36.4 Å². The first kappa shape index (κ1) is 27.2. The summed E-state index contributed by atoms with van der Waals surface area (Å²) in [4.78, 5) is 8.08. The molecule has 196 valence electrons. The SMILES string of the molecule is C[C@H](C#N)Cc1cc(Cn2cncn2)cc(C[C@](C)(C#N)c2cc(C[C@@H](C)C#N)cc(Cn3cncn3)c2)c1. The van der Waals surface area contributed by atoms with Crippen LogP contribution < -0.4 is 0 Å². The van der Waals surface area contributed by atoms with E-state index in [1.54, 1.807) is 22.0 Å². The fourth-order valence-corrected chi connectivity index (χ4v) is 4.86. The Morgan fingerprint density at radius 3 is 1.67 bits per heavy atom. The molecule has 0 saturated carbocycles. The van der Waals surface area contributed by atoms with Crippen molar-refractivity contribution >= 4 is 0 Å². The number of benzene rings is 2. The summed E-state index contributed by atoms with van der Waals surface area (Å²) >= 11 is 0. The highest BCUT2D eigenvalue weighted by Gasteiger charge is 2.28. The predicted octanol–water partition coefficient (Wildman–Crippen LogP) is 4.39. The highest BCUT2D eigenvalue weighted by Crippen LogP contribution is 2.31. The first-order valence-electron chi connectivity index (χ1n) is 12.9. The number of rotatable bonds is 11. The summed E-state index contributed by atoms with van der Waals surface area (Å²) in [6.07, 6.45) is 8.06. The van der Waals surface area contributed by atoms with E-state index in [1.807, 2.05) is 20.8 Å². The van der Waals surface area contributed by atoms with E-state index < -0.39 is 5.41 Å². The van der Waals surface area contributed by atoms with Crippen LogP contribution in [0.4, 0.5) is 0 Å². The third kappa shape index (κ3) is 7.15. The van der Waals surface area contributed by atoms with Gasteiger partial charge in [-0.2, -0.15) is 26.0 Å². The van der Waals surface area contributed by atoms with Crippen molar-refractivity contribution in [3.8, 4) is 18.2 Å². The van der Waals surface area contributed by atoms with Gasteiger partial charge in [0, 0.05) is 11.8 Å². The van der Waals surface area contributed by atoms with E-state index in [0.717, 1.165) is 33.4 Å². The van der Waals surface area contributed by atoms with E-state index in [0.29, 0.717) is 32.4 Å². The zero-order chi connectivity index (χ0) is 27.8. The second-order valence-corrected chi connectivity index (χ2v) is 10.5. The molecule has 9 heteroatoms. The van der Waals surface area contributed by atoms with Gasteiger partial charge >= 0.3 is 0 Å². The molecule has 0 N–H and O–H groups in total. The monoisotopic (exact) mass is 517 g/mol. The fourth-order valence-electron chi connectivity index (χ4n) is 4.86. The molecule has 0 spiro atoms. The van der Waals surface area contributed by atoms with Gasteiger partial charge in [-0.15, -0.1) is 0 Å². The summed E-state index contributed by atoms with van der Waals surface area (Å²) in [6.45, 7) is 6.84. The number of nitrogens with zero attached hydrogens (tertiary/aromatic N) is 9. The van der Waals surface area contributed by atoms with Crippen molar-refractivity contribution in [3.05, 3.63) is 95.1 Å². The van der Waals surface area contributed by atoms with E-state index in [-0.39, 0.29) is 11.8 Å². The fraction of sp³-hybridized carbons (Fsp3) is 0.367. The van der Waals surface area contributed by atoms with Crippen LogP contribution >= 0.6 is 0 Å². The van der Waals surface area contributed by atoms with Crippen molar-refractivity contribution < 1.29 is 0 Å². The Bertz CT molecular complexity index is 1520. The number of nitriles is 3. The van der Waals surface area contributed by atoms with Crippen molar-refractivity contribution in [1.82, 2.24) is 29.5 Å². The van der Waals surface area contributed by atoms with Crippen LogP contribution in [0.1, 0.15) is 54.2 Å². The third-order valence-electron chi connectivity index (χ3n) is 6.75. The highest BCUT2D eigenvalue weighted by molar-refractivity contribution is 5.42. The summed E-state index contributed by atoms with van der Waals surface area (Å²) < 4.78 is 3.51. The molecule has 0 fully saturated rings. The molecule has 0 radical (unpaired) electrons. The van der Waals surface area contributed by atoms with Crippen molar-refractivity contribution in [2.24, 2.45) is 11.8 Å². The second kappa shape index (κ2) is 12.2. The van der Waals surface area contributed by atoms with Crippen LogP contribution in [0.5, 0.6) is 0 Å². The van der Waals surface area contributed by atoms with Crippen molar-refractivity contribution in [1.29, 1.82) is 15.8 Å². The standard InChI is InChI=1S/C30H31N9/c1-22(13-31)4-24-6-26(9-27(7-24)15-38-20-34-18-36-38)12-30(3,17-33)29-10-25(5-23(2)14-32)8-28(11-29)16-39-21-35-19-37-39/h6-11,18-23H,4-5,12,15-16H2,1-3H3/t22-,23+,30+/m0/s1. The average molecular weight is 518 g/mol. The minimum absolute atomic E-state index is 0.125. The normalized spacial score (nSPS) is 13.9. The smallest absolute Gasteiger partial charge is 0.137 e. The lowest BCUT2D eigenvalue weighted by molar-refractivity contribution is 0.598. The Morgan fingerprint density at radius 1 is 0.718 bits per heavy atom. The van der Waals surface area contributed by atoms with Gasteiger partial charge in [-0.05, 0) is 73.4 Å². The molecule has 0 aliphatic rings. The molecule has 2 aromatic heterocycles. The molecule has 0 aliphatic carbocycles. The van der Waals surface area contributed by atoms with Crippen LogP contribution in [0.15, 0.2) is 61.7 Å². The largest absolute Gasteiger partial charge is 0.249 e. The Balaban J connectivity index is 1.72. The molecule has 9 nitrogen and oxygen atoms in total. The molecule has 0 aliphatic heterocycles. The average Bonchev–Trinajstić information content (AvgIpc) is 3.62. The van der Waals surface area contributed by atoms with Gasteiger partial charge in [-0.3, -0.25) is 0 Å². The molecule has 4 aromatic rings. The Labute approximate surface area is 229 Å². The minimum atomic E-state index is -0.826. The van der Waals surface area contributed by atoms with Gasteiger partial charge in [-0.25, -0.2) is 19.3 Å². The molecule has 2 aromatic carbocycles. The molecule has 0 saturated heterocycles. The highest BCUT2D eigenvalue weighted by atomic mass is 15.3. The molecule has 0 bridgehead atoms. The molecular weight excluding hydrogens is 486 g/mol. The number of hydrogen-bond donors (Lipinski definition) is 0. The van der Waals surface area contributed by atoms with Gasteiger partial charge in [0.05, 0.1) is 36.7 Å². The molecule has 39 heavy (non-hydrogen) atoms. The number of hydrogen-bond acceptors (Lipinski definition) is 7. The lowest BCUT2D eigenvalue weighted by Crippen LogP contribution is -2.24. The van der Waals surface area contributed by atoms with E-state index in [9.17, 15) is 15.8 Å². The van der Waals surface area contributed by atoms with E-state index in [4.69, 9.17) is 0 Å². The maximum atomic E-state index is 10.5. The third-order valence-corrected chi connectivity index (χ3v) is 6.75. The first-order chi connectivity index (χ1) is 18.8. The minimum Gasteiger partial charge on any atom is -0.249 e. The van der Waals surface area contributed by atoms with E-state index in [1.165, 1.54) is 12.7 Å². The Morgan fingerprint density at radius 2 is 1.18 bits per heavy atom. The van der Waals surface area contributed by atoms with Crippen molar-refractivity contribution in [2.75, 3.05) is 0 Å². The van der Waals surface area contributed by atoms with Crippen LogP contribution in [0.25, 0.3) is 0 Å². The van der Waals surface area contributed by atoms with Gasteiger partial charge in [0.15, 0.2) is 0 Å². The van der Waals surface area contributed by atoms with Crippen LogP contribution in [0.2, 0.25) is 0 Å². The second-order valence-electron chi connectivity index (χ2n) is 10.5. The lowest BCUT2D eigenvalue weighted by Gasteiger charge is -2.25. The Kier molecular flexibility index (Phi) is 8.49. The predicted molar refractivity (Wildman–Crippen MR) is 145 cm³/mol. The van der Waals surface area contributed by atoms with E-state index >= 15 is 0 Å². The zero-order valence-corrected chi connectivity index (χ0v) is 22.5. The molecule has 0 amide bonds. The van der Waals surface area contributed by atoms with E-state index in [2.05, 4.69) is 74.8 Å². The molecule has 4 rings (SSSR count). The summed E-state index contributed by atoms with van der Waals surface area (Å²) in [7, 11) is 0. The maximum absolute atomic E-state index is 10.5.